The summed E-state index contributed by atoms with van der Waals surface area (Å²) in [6, 6.07) is 14.9. The molecule has 0 saturated carbocycles. The van der Waals surface area contributed by atoms with Crippen molar-refractivity contribution in [2.75, 3.05) is 23.0 Å². The monoisotopic (exact) mass is 355 g/mol. The molecule has 0 spiro atoms. The zero-order valence-corrected chi connectivity index (χ0v) is 14.4. The molecule has 1 heterocycles. The van der Waals surface area contributed by atoms with Crippen LogP contribution in [0.3, 0.4) is 0 Å². The minimum absolute atomic E-state index is 0.406. The highest BCUT2D eigenvalue weighted by atomic mass is 35.5. The molecule has 0 aliphatic rings. The van der Waals surface area contributed by atoms with Gasteiger partial charge in [-0.1, -0.05) is 23.7 Å². The Morgan fingerprint density at radius 1 is 1.00 bits per heavy atom. The van der Waals surface area contributed by atoms with Crippen LogP contribution in [0.2, 0.25) is 5.02 Å². The molecule has 3 rings (SSSR count). The van der Waals surface area contributed by atoms with Crippen LogP contribution in [0.4, 0.5) is 28.7 Å². The number of benzene rings is 2. The molecule has 2 aromatic carbocycles. The highest BCUT2D eigenvalue weighted by Crippen LogP contribution is 2.32. The molecule has 0 saturated heterocycles. The fraction of sp³-hybridized carbons (Fsp3) is 0.111. The average molecular weight is 356 g/mol. The van der Waals surface area contributed by atoms with E-state index in [1.807, 2.05) is 43.3 Å². The van der Waals surface area contributed by atoms with Crippen LogP contribution in [0.1, 0.15) is 6.92 Å². The van der Waals surface area contributed by atoms with Crippen LogP contribution in [-0.4, -0.2) is 16.6 Å². The van der Waals surface area contributed by atoms with Gasteiger partial charge in [0.15, 0.2) is 11.6 Å². The maximum absolute atomic E-state index is 6.22. The quantitative estimate of drug-likeness (QED) is 0.599. The number of nitrogens with zero attached hydrogens (tertiary/aromatic N) is 2. The first-order chi connectivity index (χ1) is 12.2. The van der Waals surface area contributed by atoms with E-state index in [9.17, 15) is 0 Å². The number of halogens is 1. The van der Waals surface area contributed by atoms with Crippen LogP contribution in [0.15, 0.2) is 54.9 Å². The lowest BCUT2D eigenvalue weighted by Crippen LogP contribution is -2.06. The van der Waals surface area contributed by atoms with Crippen LogP contribution >= 0.6 is 11.6 Å². The molecule has 25 heavy (non-hydrogen) atoms. The number of hydrogen-bond acceptors (Lipinski definition) is 6. The van der Waals surface area contributed by atoms with Gasteiger partial charge in [-0.2, -0.15) is 0 Å². The molecule has 0 aliphatic heterocycles. The summed E-state index contributed by atoms with van der Waals surface area (Å²) in [5.41, 5.74) is 8.24. The van der Waals surface area contributed by atoms with Gasteiger partial charge in [-0.15, -0.1) is 0 Å². The van der Waals surface area contributed by atoms with Gasteiger partial charge in [-0.3, -0.25) is 0 Å². The first-order valence-corrected chi connectivity index (χ1v) is 8.17. The molecule has 6 nitrogen and oxygen atoms in total. The van der Waals surface area contributed by atoms with E-state index in [-0.39, 0.29) is 0 Å². The first kappa shape index (κ1) is 16.9. The van der Waals surface area contributed by atoms with Gasteiger partial charge >= 0.3 is 0 Å². The number of ether oxygens (including phenoxy) is 1. The number of anilines is 5. The Labute approximate surface area is 151 Å². The van der Waals surface area contributed by atoms with Crippen molar-refractivity contribution in [2.24, 2.45) is 0 Å². The predicted molar refractivity (Wildman–Crippen MR) is 102 cm³/mol. The zero-order valence-electron chi connectivity index (χ0n) is 13.7. The number of rotatable bonds is 6. The third-order valence-electron chi connectivity index (χ3n) is 3.43. The van der Waals surface area contributed by atoms with E-state index in [1.165, 1.54) is 6.33 Å². The topological polar surface area (TPSA) is 85.1 Å². The number of nitrogens with two attached hydrogens (primary N) is 1. The van der Waals surface area contributed by atoms with E-state index in [0.29, 0.717) is 29.0 Å². The van der Waals surface area contributed by atoms with Crippen molar-refractivity contribution < 1.29 is 4.74 Å². The molecule has 4 N–H and O–H groups in total. The molecule has 0 amide bonds. The fourth-order valence-corrected chi connectivity index (χ4v) is 2.37. The van der Waals surface area contributed by atoms with E-state index in [1.54, 1.807) is 12.1 Å². The molecular formula is C18H18ClN5O. The van der Waals surface area contributed by atoms with Crippen molar-refractivity contribution in [3.8, 4) is 5.75 Å². The van der Waals surface area contributed by atoms with E-state index >= 15 is 0 Å². The molecule has 3 aromatic rings. The van der Waals surface area contributed by atoms with Crippen molar-refractivity contribution in [3.63, 3.8) is 0 Å². The van der Waals surface area contributed by atoms with E-state index in [2.05, 4.69) is 20.6 Å². The Kier molecular flexibility index (Phi) is 5.20. The summed E-state index contributed by atoms with van der Waals surface area (Å²) >= 11 is 5.90. The smallest absolute Gasteiger partial charge is 0.159 e. The number of nitrogen functional groups attached to an aromatic ring is 1. The normalized spacial score (nSPS) is 10.3. The number of hydrogen-bond donors (Lipinski definition) is 3. The second-order valence-electron chi connectivity index (χ2n) is 5.17. The SMILES string of the molecule is CCOc1ccccc1Nc1ncnc(Nc2ccc(Cl)cc2)c1N. The Morgan fingerprint density at radius 3 is 2.40 bits per heavy atom. The lowest BCUT2D eigenvalue weighted by atomic mass is 10.3. The summed E-state index contributed by atoms with van der Waals surface area (Å²) < 4.78 is 5.61. The van der Waals surface area contributed by atoms with Crippen LogP contribution in [0.25, 0.3) is 0 Å². The lowest BCUT2D eigenvalue weighted by molar-refractivity contribution is 0.342. The van der Waals surface area contributed by atoms with Crippen molar-refractivity contribution in [1.29, 1.82) is 0 Å². The van der Waals surface area contributed by atoms with Gasteiger partial charge in [0, 0.05) is 10.7 Å². The van der Waals surface area contributed by atoms with Gasteiger partial charge in [0.2, 0.25) is 0 Å². The first-order valence-electron chi connectivity index (χ1n) is 7.79. The summed E-state index contributed by atoms with van der Waals surface area (Å²) in [7, 11) is 0. The summed E-state index contributed by atoms with van der Waals surface area (Å²) in [4.78, 5) is 8.43. The van der Waals surface area contributed by atoms with Gasteiger partial charge in [-0.05, 0) is 43.3 Å². The Morgan fingerprint density at radius 2 is 1.68 bits per heavy atom. The van der Waals surface area contributed by atoms with Gasteiger partial charge in [-0.25, -0.2) is 9.97 Å². The Balaban J connectivity index is 1.85. The third kappa shape index (κ3) is 4.10. The van der Waals surface area contributed by atoms with Crippen molar-refractivity contribution in [2.45, 2.75) is 6.92 Å². The van der Waals surface area contributed by atoms with Gasteiger partial charge in [0.25, 0.3) is 0 Å². The maximum atomic E-state index is 6.22. The van der Waals surface area contributed by atoms with Crippen LogP contribution in [0, 0.1) is 0 Å². The Bertz CT molecular complexity index is 854. The van der Waals surface area contributed by atoms with E-state index in [0.717, 1.165) is 17.1 Å². The standard InChI is InChI=1S/C18H18ClN5O/c1-2-25-15-6-4-3-5-14(15)24-18-16(20)17(21-11-22-18)23-13-9-7-12(19)8-10-13/h3-11H,2,20H2,1H3,(H2,21,22,23,24). The number of nitrogens with one attached hydrogen (secondary N) is 2. The second-order valence-corrected chi connectivity index (χ2v) is 5.61. The van der Waals surface area contributed by atoms with Gasteiger partial charge in [0.05, 0.1) is 12.3 Å². The number of aromatic nitrogens is 2. The minimum Gasteiger partial charge on any atom is -0.492 e. The molecule has 7 heteroatoms. The summed E-state index contributed by atoms with van der Waals surface area (Å²) in [5.74, 6) is 1.74. The lowest BCUT2D eigenvalue weighted by Gasteiger charge is -2.15. The van der Waals surface area contributed by atoms with Crippen LogP contribution < -0.4 is 21.1 Å². The van der Waals surface area contributed by atoms with Crippen LogP contribution in [0.5, 0.6) is 5.75 Å². The minimum atomic E-state index is 0.406. The summed E-state index contributed by atoms with van der Waals surface area (Å²) in [6.07, 6.45) is 1.44. The Hall–Kier alpha value is -2.99. The molecular weight excluding hydrogens is 338 g/mol. The fourth-order valence-electron chi connectivity index (χ4n) is 2.24. The number of para-hydroxylation sites is 2. The largest absolute Gasteiger partial charge is 0.492 e. The molecule has 0 atom stereocenters. The average Bonchev–Trinajstić information content (AvgIpc) is 2.62. The second kappa shape index (κ2) is 7.72. The zero-order chi connectivity index (χ0) is 17.6. The van der Waals surface area contributed by atoms with E-state index < -0.39 is 0 Å². The predicted octanol–water partition coefficient (Wildman–Crippen LogP) is 4.60. The summed E-state index contributed by atoms with van der Waals surface area (Å²) in [5, 5.41) is 7.02. The van der Waals surface area contributed by atoms with E-state index in [4.69, 9.17) is 22.1 Å². The van der Waals surface area contributed by atoms with Crippen molar-refractivity contribution >= 4 is 40.3 Å². The molecule has 128 valence electrons. The van der Waals surface area contributed by atoms with Crippen molar-refractivity contribution in [3.05, 3.63) is 59.9 Å². The van der Waals surface area contributed by atoms with Gasteiger partial charge in [0.1, 0.15) is 17.8 Å². The molecule has 0 fully saturated rings. The third-order valence-corrected chi connectivity index (χ3v) is 3.68. The van der Waals surface area contributed by atoms with Crippen LogP contribution in [-0.2, 0) is 0 Å². The molecule has 0 aliphatic carbocycles. The van der Waals surface area contributed by atoms with Gasteiger partial charge < -0.3 is 21.1 Å². The molecule has 0 radical (unpaired) electrons. The highest BCUT2D eigenvalue weighted by molar-refractivity contribution is 6.30. The molecule has 0 bridgehead atoms. The van der Waals surface area contributed by atoms with Crippen molar-refractivity contribution in [1.82, 2.24) is 9.97 Å². The summed E-state index contributed by atoms with van der Waals surface area (Å²) in [6.45, 7) is 2.51. The molecule has 1 aromatic heterocycles. The molecule has 0 unspecified atom stereocenters. The highest BCUT2D eigenvalue weighted by Gasteiger charge is 2.11. The maximum Gasteiger partial charge on any atom is 0.159 e.